The first kappa shape index (κ1) is 14.3. The number of hydrogen-bond donors (Lipinski definition) is 0. The molecule has 0 radical (unpaired) electrons. The van der Waals surface area contributed by atoms with E-state index < -0.39 is 19.2 Å². The molecule has 1 heterocycles. The van der Waals surface area contributed by atoms with Crippen molar-refractivity contribution < 1.29 is 17.9 Å². The molecule has 8 heteroatoms. The van der Waals surface area contributed by atoms with Crippen LogP contribution in [0.15, 0.2) is 22.8 Å². The van der Waals surface area contributed by atoms with E-state index >= 15 is 0 Å². The Balaban J connectivity index is 2.52. The highest BCUT2D eigenvalue weighted by Gasteiger charge is 2.24. The second-order valence-electron chi connectivity index (χ2n) is 3.65. The fourth-order valence-electron chi connectivity index (χ4n) is 1.52. The predicted molar refractivity (Wildman–Crippen MR) is 68.6 cm³/mol. The van der Waals surface area contributed by atoms with E-state index in [1.807, 2.05) is 0 Å². The molecule has 3 nitrogen and oxygen atoms in total. The van der Waals surface area contributed by atoms with Crippen LogP contribution in [-0.4, -0.2) is 29.4 Å². The fourth-order valence-corrected chi connectivity index (χ4v) is 2.22. The van der Waals surface area contributed by atoms with Gasteiger partial charge in [-0.25, -0.2) is 13.2 Å². The van der Waals surface area contributed by atoms with Gasteiger partial charge in [-0.1, -0.05) is 27.5 Å². The molecule has 0 N–H and O–H groups in total. The first-order valence-electron chi connectivity index (χ1n) is 5.14. The molecule has 0 aliphatic rings. The fraction of sp³-hybridized carbons (Fsp3) is 0.273. The molecule has 1 aromatic heterocycles. The number of halogens is 5. The van der Waals surface area contributed by atoms with Crippen molar-refractivity contribution in [1.29, 1.82) is 0 Å². The number of ether oxygens (including phenoxy) is 1. The van der Waals surface area contributed by atoms with E-state index in [0.29, 0.717) is 15.2 Å². The Hall–Kier alpha value is -1.08. The van der Waals surface area contributed by atoms with Crippen molar-refractivity contribution in [3.8, 4) is 5.75 Å². The predicted octanol–water partition coefficient (Wildman–Crippen LogP) is 4.03. The van der Waals surface area contributed by atoms with Crippen molar-refractivity contribution in [2.24, 2.45) is 0 Å². The van der Waals surface area contributed by atoms with Crippen molar-refractivity contribution in [2.75, 3.05) is 6.67 Å². The average molecular weight is 356 g/mol. The van der Waals surface area contributed by atoms with Gasteiger partial charge in [0.2, 0.25) is 0 Å². The highest BCUT2D eigenvalue weighted by atomic mass is 79.9. The van der Waals surface area contributed by atoms with E-state index in [0.717, 1.165) is 0 Å². The van der Waals surface area contributed by atoms with Crippen molar-refractivity contribution >= 4 is 38.3 Å². The van der Waals surface area contributed by atoms with Crippen LogP contribution in [0.4, 0.5) is 13.2 Å². The third-order valence-electron chi connectivity index (χ3n) is 2.36. The van der Waals surface area contributed by atoms with Crippen LogP contribution in [0.3, 0.4) is 0 Å². The number of nitrogens with zero attached hydrogens (tertiary/aromatic N) is 2. The number of hydrogen-bond acceptors (Lipinski definition) is 3. The third-order valence-corrected chi connectivity index (χ3v) is 3.08. The van der Waals surface area contributed by atoms with Gasteiger partial charge in [-0.3, -0.25) is 0 Å². The molecule has 1 unspecified atom stereocenters. The standard InChI is InChI=1S/C11H7BrClF3N2O/c12-6-1-5-4-17-18-10(13)9(5)7(2-6)19-8(3-14)11(15)16/h1-2,4,8,11H,3H2. The van der Waals surface area contributed by atoms with Crippen LogP contribution in [0.1, 0.15) is 0 Å². The molecule has 0 aliphatic heterocycles. The summed E-state index contributed by atoms with van der Waals surface area (Å²) in [5.74, 6) is 0.0345. The van der Waals surface area contributed by atoms with Crippen molar-refractivity contribution in [1.82, 2.24) is 10.2 Å². The SMILES string of the molecule is FCC(Oc1cc(Br)cc2cnnc(Cl)c12)C(F)F. The Morgan fingerprint density at radius 2 is 2.11 bits per heavy atom. The van der Waals surface area contributed by atoms with Crippen LogP contribution in [0.5, 0.6) is 5.75 Å². The summed E-state index contributed by atoms with van der Waals surface area (Å²) in [6.07, 6.45) is -3.37. The molecular weight excluding hydrogens is 348 g/mol. The van der Waals surface area contributed by atoms with Gasteiger partial charge in [0, 0.05) is 9.86 Å². The molecule has 2 aromatic rings. The van der Waals surface area contributed by atoms with Crippen LogP contribution in [-0.2, 0) is 0 Å². The zero-order valence-electron chi connectivity index (χ0n) is 9.29. The zero-order chi connectivity index (χ0) is 14.0. The molecule has 0 bridgehead atoms. The Kier molecular flexibility index (Phi) is 4.46. The first-order chi connectivity index (χ1) is 9.02. The lowest BCUT2D eigenvalue weighted by Gasteiger charge is -2.17. The lowest BCUT2D eigenvalue weighted by Crippen LogP contribution is -2.27. The van der Waals surface area contributed by atoms with E-state index in [1.54, 1.807) is 6.07 Å². The summed E-state index contributed by atoms with van der Waals surface area (Å²) < 4.78 is 43.2. The molecule has 1 atom stereocenters. The number of rotatable bonds is 4. The molecule has 2 rings (SSSR count). The lowest BCUT2D eigenvalue weighted by molar-refractivity contribution is -0.000402. The molecule has 19 heavy (non-hydrogen) atoms. The Bertz CT molecular complexity index is 599. The van der Waals surface area contributed by atoms with Gasteiger partial charge in [-0.05, 0) is 12.1 Å². The van der Waals surface area contributed by atoms with Crippen molar-refractivity contribution in [3.05, 3.63) is 28.0 Å². The molecule has 0 spiro atoms. The topological polar surface area (TPSA) is 35.0 Å². The quantitative estimate of drug-likeness (QED) is 0.831. The third kappa shape index (κ3) is 3.09. The molecule has 102 valence electrons. The van der Waals surface area contributed by atoms with E-state index in [9.17, 15) is 13.2 Å². The number of fused-ring (bicyclic) bond motifs is 1. The number of benzene rings is 1. The van der Waals surface area contributed by atoms with Gasteiger partial charge in [0.15, 0.2) is 11.3 Å². The molecule has 1 aromatic carbocycles. The average Bonchev–Trinajstić information content (AvgIpc) is 2.34. The second-order valence-corrected chi connectivity index (χ2v) is 4.92. The Labute approximate surface area is 119 Å². The van der Waals surface area contributed by atoms with Gasteiger partial charge < -0.3 is 4.74 Å². The summed E-state index contributed by atoms with van der Waals surface area (Å²) in [6.45, 7) is -1.30. The minimum absolute atomic E-state index is 0.00637. The van der Waals surface area contributed by atoms with E-state index in [1.165, 1.54) is 12.3 Å². The van der Waals surface area contributed by atoms with Crippen molar-refractivity contribution in [3.63, 3.8) is 0 Å². The normalized spacial score (nSPS) is 12.9. The summed E-state index contributed by atoms with van der Waals surface area (Å²) in [5.41, 5.74) is 0. The molecule has 0 amide bonds. The highest BCUT2D eigenvalue weighted by molar-refractivity contribution is 9.10. The minimum Gasteiger partial charge on any atom is -0.481 e. The van der Waals surface area contributed by atoms with E-state index in [4.69, 9.17) is 16.3 Å². The van der Waals surface area contributed by atoms with Crippen LogP contribution in [0, 0.1) is 0 Å². The summed E-state index contributed by atoms with van der Waals surface area (Å²) in [4.78, 5) is 0. The van der Waals surface area contributed by atoms with Gasteiger partial charge in [-0.2, -0.15) is 5.10 Å². The maximum absolute atomic E-state index is 12.5. The van der Waals surface area contributed by atoms with Gasteiger partial charge in [0.05, 0.1) is 11.6 Å². The summed E-state index contributed by atoms with van der Waals surface area (Å²) in [5, 5.41) is 8.14. The largest absolute Gasteiger partial charge is 0.481 e. The summed E-state index contributed by atoms with van der Waals surface area (Å²) >= 11 is 9.07. The van der Waals surface area contributed by atoms with Crippen LogP contribution in [0.25, 0.3) is 10.8 Å². The Morgan fingerprint density at radius 3 is 2.74 bits per heavy atom. The molecule has 0 saturated carbocycles. The first-order valence-corrected chi connectivity index (χ1v) is 6.31. The van der Waals surface area contributed by atoms with Crippen LogP contribution < -0.4 is 4.74 Å². The minimum atomic E-state index is -2.94. The second kappa shape index (κ2) is 5.92. The monoisotopic (exact) mass is 354 g/mol. The molecule has 0 aliphatic carbocycles. The van der Waals surface area contributed by atoms with Crippen molar-refractivity contribution in [2.45, 2.75) is 12.5 Å². The molecule has 0 fully saturated rings. The zero-order valence-corrected chi connectivity index (χ0v) is 11.6. The lowest BCUT2D eigenvalue weighted by atomic mass is 10.2. The molecular formula is C11H7BrClF3N2O. The molecule has 0 saturated heterocycles. The summed E-state index contributed by atoms with van der Waals surface area (Å²) in [7, 11) is 0. The summed E-state index contributed by atoms with van der Waals surface area (Å²) in [6, 6.07) is 3.11. The van der Waals surface area contributed by atoms with Gasteiger partial charge in [0.1, 0.15) is 12.4 Å². The van der Waals surface area contributed by atoms with E-state index in [2.05, 4.69) is 26.1 Å². The smallest absolute Gasteiger partial charge is 0.277 e. The maximum Gasteiger partial charge on any atom is 0.277 e. The van der Waals surface area contributed by atoms with Gasteiger partial charge in [-0.15, -0.1) is 5.10 Å². The maximum atomic E-state index is 12.5. The van der Waals surface area contributed by atoms with Crippen LogP contribution in [0.2, 0.25) is 5.15 Å². The number of alkyl halides is 3. The Morgan fingerprint density at radius 1 is 1.37 bits per heavy atom. The van der Waals surface area contributed by atoms with Gasteiger partial charge >= 0.3 is 0 Å². The van der Waals surface area contributed by atoms with Gasteiger partial charge in [0.25, 0.3) is 6.43 Å². The van der Waals surface area contributed by atoms with Crippen LogP contribution >= 0.6 is 27.5 Å². The highest BCUT2D eigenvalue weighted by Crippen LogP contribution is 2.34. The number of aromatic nitrogens is 2. The van der Waals surface area contributed by atoms with E-state index in [-0.39, 0.29) is 10.9 Å².